The molecular weight excluding hydrogens is 106 g/mol. The van der Waals surface area contributed by atoms with Gasteiger partial charge in [-0.2, -0.15) is 0 Å². The first-order valence-electron chi connectivity index (χ1n) is 2.18. The zero-order valence-electron chi connectivity index (χ0n) is 4.15. The predicted molar refractivity (Wildman–Crippen MR) is 25.5 cm³/mol. The first-order valence-corrected chi connectivity index (χ1v) is 2.18. The van der Waals surface area contributed by atoms with E-state index in [9.17, 15) is 0 Å². The molecule has 8 heavy (non-hydrogen) atoms. The molecule has 0 aliphatic carbocycles. The topological polar surface area (TPSA) is 44.3 Å². The molecule has 1 rings (SSSR count). The van der Waals surface area contributed by atoms with Crippen LogP contribution in [0.5, 0.6) is 5.75 Å². The molecule has 42 valence electrons. The smallest absolute Gasteiger partial charge is 0.263 e. The highest BCUT2D eigenvalue weighted by atomic mass is 16.5. The fourth-order valence-electron chi connectivity index (χ4n) is 0.451. The molecule has 0 amide bonds. The molecule has 0 fully saturated rings. The van der Waals surface area contributed by atoms with Crippen molar-refractivity contribution >= 4 is 0 Å². The van der Waals surface area contributed by atoms with Crippen molar-refractivity contribution in [3.63, 3.8) is 0 Å². The van der Waals surface area contributed by atoms with Crippen LogP contribution in [-0.4, -0.2) is 10.3 Å². The van der Waals surface area contributed by atoms with E-state index in [1.165, 1.54) is 24.5 Å². The second-order valence-corrected chi connectivity index (χ2v) is 1.44. The lowest BCUT2D eigenvalue weighted by Crippen LogP contribution is -2.27. The van der Waals surface area contributed by atoms with Crippen LogP contribution in [0.3, 0.4) is 0 Å². The van der Waals surface area contributed by atoms with E-state index in [1.54, 1.807) is 0 Å². The maximum Gasteiger partial charge on any atom is 0.263 e. The van der Waals surface area contributed by atoms with Crippen molar-refractivity contribution in [2.24, 2.45) is 0 Å². The summed E-state index contributed by atoms with van der Waals surface area (Å²) in [6.45, 7) is 0. The molecule has 0 radical (unpaired) electrons. The molecule has 0 atom stereocenters. The van der Waals surface area contributed by atoms with Gasteiger partial charge in [0.05, 0.1) is 0 Å². The summed E-state index contributed by atoms with van der Waals surface area (Å²) in [5, 5.41) is 17.2. The average molecular weight is 112 g/mol. The summed E-state index contributed by atoms with van der Waals surface area (Å²) in [7, 11) is 0. The van der Waals surface area contributed by atoms with Crippen LogP contribution in [0.2, 0.25) is 0 Å². The van der Waals surface area contributed by atoms with E-state index in [0.717, 1.165) is 4.73 Å². The van der Waals surface area contributed by atoms with Gasteiger partial charge >= 0.3 is 0 Å². The first kappa shape index (κ1) is 4.90. The number of nitrogens with zero attached hydrogens (tertiary/aromatic N) is 1. The highest BCUT2D eigenvalue weighted by molar-refractivity contribution is 5.09. The van der Waals surface area contributed by atoms with Gasteiger partial charge in [-0.25, -0.2) is 0 Å². The Labute approximate surface area is 46.4 Å². The molecule has 0 aliphatic heterocycles. The predicted octanol–water partition coefficient (Wildman–Crippen LogP) is -0.0830. The third-order valence-electron chi connectivity index (χ3n) is 0.770. The maximum atomic E-state index is 8.63. The van der Waals surface area contributed by atoms with E-state index in [2.05, 4.69) is 0 Å². The summed E-state index contributed by atoms with van der Waals surface area (Å²) in [6.07, 6.45) is 2.61. The zero-order valence-corrected chi connectivity index (χ0v) is 4.15. The molecule has 0 saturated carbocycles. The average Bonchev–Trinajstić information content (AvgIpc) is 1.64. The normalized spacial score (nSPS) is 9.00. The Hall–Kier alpha value is -1.25. The first-order chi connectivity index (χ1) is 3.79. The highest BCUT2D eigenvalue weighted by Crippen LogP contribution is 1.98. The highest BCUT2D eigenvalue weighted by Gasteiger charge is 1.93. The molecular formula is C5H6NO2+. The van der Waals surface area contributed by atoms with E-state index < -0.39 is 0 Å². The standard InChI is InChI=1S/C5H5NO2/c7-5-2-1-3-6(8)4-5/h1-4H,(H-,7,8)/p+1. The fourth-order valence-corrected chi connectivity index (χ4v) is 0.451. The van der Waals surface area contributed by atoms with Gasteiger partial charge in [0, 0.05) is 10.8 Å². The quantitative estimate of drug-likeness (QED) is 0.364. The Balaban J connectivity index is 3.08. The third kappa shape index (κ3) is 0.872. The van der Waals surface area contributed by atoms with Gasteiger partial charge in [-0.1, -0.05) is 0 Å². The Morgan fingerprint density at radius 2 is 2.25 bits per heavy atom. The number of rotatable bonds is 0. The van der Waals surface area contributed by atoms with Gasteiger partial charge in [0.2, 0.25) is 6.20 Å². The van der Waals surface area contributed by atoms with E-state index in [1.807, 2.05) is 0 Å². The van der Waals surface area contributed by atoms with Crippen LogP contribution in [0.4, 0.5) is 0 Å². The van der Waals surface area contributed by atoms with Gasteiger partial charge < -0.3 is 5.11 Å². The van der Waals surface area contributed by atoms with Gasteiger partial charge in [0.15, 0.2) is 5.75 Å². The van der Waals surface area contributed by atoms with E-state index in [-0.39, 0.29) is 5.75 Å². The summed E-state index contributed by atoms with van der Waals surface area (Å²) >= 11 is 0. The van der Waals surface area contributed by atoms with Gasteiger partial charge in [-0.05, 0) is 6.07 Å². The molecule has 3 heteroatoms. The molecule has 2 N–H and O–H groups in total. The molecule has 1 aromatic heterocycles. The largest absolute Gasteiger partial charge is 0.503 e. The number of pyridine rings is 1. The molecule has 0 spiro atoms. The van der Waals surface area contributed by atoms with Crippen molar-refractivity contribution in [3.8, 4) is 5.75 Å². The summed E-state index contributed by atoms with van der Waals surface area (Å²) in [6, 6.07) is 3.02. The van der Waals surface area contributed by atoms with E-state index in [0.29, 0.717) is 0 Å². The number of aromatic hydroxyl groups is 1. The van der Waals surface area contributed by atoms with Crippen LogP contribution < -0.4 is 4.73 Å². The third-order valence-corrected chi connectivity index (χ3v) is 0.770. The van der Waals surface area contributed by atoms with Crippen molar-refractivity contribution < 1.29 is 15.0 Å². The lowest BCUT2D eigenvalue weighted by molar-refractivity contribution is -0.905. The van der Waals surface area contributed by atoms with Gasteiger partial charge in [0.25, 0.3) is 6.20 Å². The van der Waals surface area contributed by atoms with E-state index in [4.69, 9.17) is 10.3 Å². The lowest BCUT2D eigenvalue weighted by atomic mass is 10.5. The maximum absolute atomic E-state index is 8.63. The second-order valence-electron chi connectivity index (χ2n) is 1.44. The molecule has 0 unspecified atom stereocenters. The Morgan fingerprint density at radius 1 is 1.50 bits per heavy atom. The van der Waals surface area contributed by atoms with Gasteiger partial charge in [-0.15, -0.1) is 0 Å². The summed E-state index contributed by atoms with van der Waals surface area (Å²) in [5.74, 6) is 0.0509. The van der Waals surface area contributed by atoms with Crippen LogP contribution >= 0.6 is 0 Å². The summed E-state index contributed by atoms with van der Waals surface area (Å²) in [4.78, 5) is 0. The monoisotopic (exact) mass is 112 g/mol. The van der Waals surface area contributed by atoms with Crippen LogP contribution in [0.25, 0.3) is 0 Å². The Kier molecular flexibility index (Phi) is 1.04. The van der Waals surface area contributed by atoms with Crippen LogP contribution in [0.15, 0.2) is 24.5 Å². The van der Waals surface area contributed by atoms with Crippen molar-refractivity contribution in [3.05, 3.63) is 24.5 Å². The van der Waals surface area contributed by atoms with Gasteiger partial charge in [0.1, 0.15) is 0 Å². The van der Waals surface area contributed by atoms with E-state index >= 15 is 0 Å². The summed E-state index contributed by atoms with van der Waals surface area (Å²) < 4.78 is 0.787. The van der Waals surface area contributed by atoms with Crippen molar-refractivity contribution in [1.82, 2.24) is 0 Å². The summed E-state index contributed by atoms with van der Waals surface area (Å²) in [5.41, 5.74) is 0. The van der Waals surface area contributed by atoms with Crippen molar-refractivity contribution in [2.75, 3.05) is 0 Å². The minimum atomic E-state index is 0.0509. The van der Waals surface area contributed by atoms with Gasteiger partial charge in [-0.3, -0.25) is 5.21 Å². The minimum Gasteiger partial charge on any atom is -0.503 e. The molecule has 1 heterocycles. The minimum absolute atomic E-state index is 0.0509. The molecule has 0 aromatic carbocycles. The number of hydrogen-bond acceptors (Lipinski definition) is 2. The SMILES string of the molecule is Oc1ccc[n+](O)c1. The van der Waals surface area contributed by atoms with Crippen molar-refractivity contribution in [1.29, 1.82) is 0 Å². The van der Waals surface area contributed by atoms with Crippen LogP contribution in [-0.2, 0) is 0 Å². The molecule has 0 bridgehead atoms. The van der Waals surface area contributed by atoms with Crippen LogP contribution in [0.1, 0.15) is 0 Å². The second kappa shape index (κ2) is 1.69. The Morgan fingerprint density at radius 3 is 2.62 bits per heavy atom. The number of hydrogen-bond donors (Lipinski definition) is 2. The van der Waals surface area contributed by atoms with Crippen molar-refractivity contribution in [2.45, 2.75) is 0 Å². The molecule has 1 aromatic rings. The Bertz CT molecular complexity index is 170. The lowest BCUT2D eigenvalue weighted by Gasteiger charge is -1.81. The molecule has 0 saturated heterocycles. The molecule has 0 aliphatic rings. The molecule has 3 nitrogen and oxygen atoms in total. The number of aromatic nitrogens is 1. The fraction of sp³-hybridized carbons (Fsp3) is 0. The zero-order chi connectivity index (χ0) is 5.98. The van der Waals surface area contributed by atoms with Crippen LogP contribution in [0, 0.1) is 0 Å².